The van der Waals surface area contributed by atoms with Gasteiger partial charge in [-0.1, -0.05) is 48.5 Å². The number of benzene rings is 2. The maximum atomic E-state index is 12.2. The Labute approximate surface area is 217 Å². The van der Waals surface area contributed by atoms with Gasteiger partial charge in [-0.05, 0) is 18.6 Å². The quantitative estimate of drug-likeness (QED) is 0.215. The second-order valence-electron chi connectivity index (χ2n) is 8.24. The molecule has 0 aliphatic rings. The summed E-state index contributed by atoms with van der Waals surface area (Å²) >= 11 is 0. The monoisotopic (exact) mass is 512 g/mol. The smallest absolute Gasteiger partial charge is 0.341 e. The molecule has 11 nitrogen and oxygen atoms in total. The number of nitrogens with zero attached hydrogens (tertiary/aromatic N) is 6. The van der Waals surface area contributed by atoms with E-state index in [1.165, 1.54) is 24.0 Å². The van der Waals surface area contributed by atoms with Crippen LogP contribution in [-0.2, 0) is 22.7 Å². The summed E-state index contributed by atoms with van der Waals surface area (Å²) in [6.07, 6.45) is 4.51. The molecule has 5 aromatic rings. The molecular weight excluding hydrogens is 488 g/mol. The van der Waals surface area contributed by atoms with E-state index in [2.05, 4.69) is 20.1 Å². The first kappa shape index (κ1) is 24.6. The first-order valence-corrected chi connectivity index (χ1v) is 11.9. The average Bonchev–Trinajstić information content (AvgIpc) is 3.57. The minimum absolute atomic E-state index is 0.186. The largest absolute Gasteiger partial charge is 0.471 e. The number of para-hydroxylation sites is 1. The predicted molar refractivity (Wildman–Crippen MR) is 136 cm³/mol. The second kappa shape index (κ2) is 10.9. The SMILES string of the molecule is CCOC(=O)c1cnn(-c2nc(OCc3ccccc3)c3ncn(Cc4ccccc4OC(C)=O)c3n2)c1. The molecule has 3 aromatic heterocycles. The molecule has 0 N–H and O–H groups in total. The highest BCUT2D eigenvalue weighted by molar-refractivity contribution is 5.88. The number of carbonyl (C=O) groups excluding carboxylic acids is 2. The minimum atomic E-state index is -0.493. The van der Waals surface area contributed by atoms with Crippen LogP contribution in [0.15, 0.2) is 73.3 Å². The maximum absolute atomic E-state index is 12.2. The topological polar surface area (TPSA) is 123 Å². The van der Waals surface area contributed by atoms with Gasteiger partial charge in [0.05, 0.1) is 31.2 Å². The third-order valence-corrected chi connectivity index (χ3v) is 5.50. The van der Waals surface area contributed by atoms with Crippen molar-refractivity contribution in [3.05, 3.63) is 90.0 Å². The van der Waals surface area contributed by atoms with Gasteiger partial charge in [0.2, 0.25) is 5.88 Å². The summed E-state index contributed by atoms with van der Waals surface area (Å²) in [5.41, 5.74) is 2.92. The zero-order valence-electron chi connectivity index (χ0n) is 20.8. The summed E-state index contributed by atoms with van der Waals surface area (Å²) in [5.74, 6) is -0.0132. The number of esters is 2. The normalized spacial score (nSPS) is 10.9. The lowest BCUT2D eigenvalue weighted by Gasteiger charge is -2.11. The standard InChI is InChI=1S/C27H24N6O5/c1-3-36-26(35)21-13-29-33(15-21)27-30-24-23(25(31-27)37-16-19-9-5-4-6-10-19)28-17-32(24)14-20-11-7-8-12-22(20)38-18(2)34/h4-13,15,17H,3,14,16H2,1-2H3. The second-order valence-corrected chi connectivity index (χ2v) is 8.24. The van der Waals surface area contributed by atoms with E-state index in [1.807, 2.05) is 42.5 Å². The highest BCUT2D eigenvalue weighted by atomic mass is 16.5. The van der Waals surface area contributed by atoms with Crippen molar-refractivity contribution in [1.82, 2.24) is 29.3 Å². The Morgan fingerprint density at radius 3 is 2.58 bits per heavy atom. The number of rotatable bonds is 9. The van der Waals surface area contributed by atoms with Crippen LogP contribution < -0.4 is 9.47 Å². The lowest BCUT2D eigenvalue weighted by molar-refractivity contribution is -0.131. The van der Waals surface area contributed by atoms with Crippen molar-refractivity contribution in [3.8, 4) is 17.6 Å². The van der Waals surface area contributed by atoms with Crippen molar-refractivity contribution in [2.24, 2.45) is 0 Å². The molecule has 0 bridgehead atoms. The number of hydrogen-bond donors (Lipinski definition) is 0. The van der Waals surface area contributed by atoms with Crippen LogP contribution in [0.2, 0.25) is 0 Å². The van der Waals surface area contributed by atoms with E-state index in [0.29, 0.717) is 23.5 Å². The Balaban J connectivity index is 1.55. The molecule has 11 heteroatoms. The first-order chi connectivity index (χ1) is 18.5. The summed E-state index contributed by atoms with van der Waals surface area (Å²) < 4.78 is 19.7. The summed E-state index contributed by atoms with van der Waals surface area (Å²) in [6, 6.07) is 16.9. The van der Waals surface area contributed by atoms with Gasteiger partial charge < -0.3 is 18.8 Å². The fraction of sp³-hybridized carbons (Fsp3) is 0.185. The van der Waals surface area contributed by atoms with E-state index in [4.69, 9.17) is 14.2 Å². The number of aromatic nitrogens is 6. The van der Waals surface area contributed by atoms with Crippen molar-refractivity contribution < 1.29 is 23.8 Å². The lowest BCUT2D eigenvalue weighted by atomic mass is 10.2. The number of carbonyl (C=O) groups is 2. The van der Waals surface area contributed by atoms with Crippen LogP contribution in [0, 0.1) is 0 Å². The Bertz CT molecular complexity index is 1590. The molecule has 192 valence electrons. The van der Waals surface area contributed by atoms with Crippen LogP contribution in [0.4, 0.5) is 0 Å². The number of imidazole rings is 1. The van der Waals surface area contributed by atoms with Crippen LogP contribution in [-0.4, -0.2) is 47.8 Å². The molecule has 2 aromatic carbocycles. The van der Waals surface area contributed by atoms with Gasteiger partial charge in [-0.2, -0.15) is 15.1 Å². The van der Waals surface area contributed by atoms with E-state index in [0.717, 1.165) is 11.1 Å². The van der Waals surface area contributed by atoms with E-state index < -0.39 is 11.9 Å². The van der Waals surface area contributed by atoms with Crippen LogP contribution in [0.3, 0.4) is 0 Å². The van der Waals surface area contributed by atoms with E-state index in [9.17, 15) is 9.59 Å². The van der Waals surface area contributed by atoms with Gasteiger partial charge in [-0.15, -0.1) is 0 Å². The maximum Gasteiger partial charge on any atom is 0.341 e. The van der Waals surface area contributed by atoms with Crippen molar-refractivity contribution >= 4 is 23.1 Å². The van der Waals surface area contributed by atoms with E-state index >= 15 is 0 Å². The summed E-state index contributed by atoms with van der Waals surface area (Å²) in [4.78, 5) is 37.5. The molecule has 0 fully saturated rings. The molecule has 0 atom stereocenters. The van der Waals surface area contributed by atoms with Gasteiger partial charge in [0.1, 0.15) is 12.4 Å². The van der Waals surface area contributed by atoms with Crippen molar-refractivity contribution in [2.75, 3.05) is 6.61 Å². The molecule has 0 saturated carbocycles. The molecule has 0 radical (unpaired) electrons. The molecule has 0 spiro atoms. The van der Waals surface area contributed by atoms with Crippen molar-refractivity contribution in [3.63, 3.8) is 0 Å². The third kappa shape index (κ3) is 5.36. The van der Waals surface area contributed by atoms with Gasteiger partial charge in [-0.3, -0.25) is 4.79 Å². The molecule has 0 amide bonds. The Morgan fingerprint density at radius 2 is 1.79 bits per heavy atom. The number of ether oxygens (including phenoxy) is 3. The molecule has 0 aliphatic heterocycles. The molecule has 0 aliphatic carbocycles. The van der Waals surface area contributed by atoms with Gasteiger partial charge in [0.15, 0.2) is 11.2 Å². The fourth-order valence-electron chi connectivity index (χ4n) is 3.78. The van der Waals surface area contributed by atoms with Crippen LogP contribution in [0.25, 0.3) is 17.1 Å². The highest BCUT2D eigenvalue weighted by Crippen LogP contribution is 2.26. The fourth-order valence-corrected chi connectivity index (χ4v) is 3.78. The highest BCUT2D eigenvalue weighted by Gasteiger charge is 2.19. The number of fused-ring (bicyclic) bond motifs is 1. The molecule has 38 heavy (non-hydrogen) atoms. The van der Waals surface area contributed by atoms with E-state index in [1.54, 1.807) is 30.0 Å². The van der Waals surface area contributed by atoms with E-state index in [-0.39, 0.29) is 30.6 Å². The molecule has 0 saturated heterocycles. The zero-order valence-corrected chi connectivity index (χ0v) is 20.8. The summed E-state index contributed by atoms with van der Waals surface area (Å²) in [7, 11) is 0. The first-order valence-electron chi connectivity index (χ1n) is 11.9. The van der Waals surface area contributed by atoms with Gasteiger partial charge in [-0.25, -0.2) is 14.5 Å². The average molecular weight is 513 g/mol. The van der Waals surface area contributed by atoms with Gasteiger partial charge in [0.25, 0.3) is 5.95 Å². The van der Waals surface area contributed by atoms with Crippen LogP contribution in [0.5, 0.6) is 11.6 Å². The summed E-state index contributed by atoms with van der Waals surface area (Å²) in [6.45, 7) is 3.92. The van der Waals surface area contributed by atoms with Crippen molar-refractivity contribution in [1.29, 1.82) is 0 Å². The Hall–Kier alpha value is -5.06. The van der Waals surface area contributed by atoms with Crippen LogP contribution in [0.1, 0.15) is 35.3 Å². The lowest BCUT2D eigenvalue weighted by Crippen LogP contribution is -2.09. The molecular formula is C27H24N6O5. The zero-order chi connectivity index (χ0) is 26.5. The Morgan fingerprint density at radius 1 is 1.00 bits per heavy atom. The predicted octanol–water partition coefficient (Wildman–Crippen LogP) is 3.74. The minimum Gasteiger partial charge on any atom is -0.471 e. The van der Waals surface area contributed by atoms with Crippen molar-refractivity contribution in [2.45, 2.75) is 27.0 Å². The molecule has 5 rings (SSSR count). The summed E-state index contributed by atoms with van der Waals surface area (Å²) in [5, 5.41) is 4.25. The van der Waals surface area contributed by atoms with Crippen LogP contribution >= 0.6 is 0 Å². The third-order valence-electron chi connectivity index (χ3n) is 5.50. The Kier molecular flexibility index (Phi) is 7.07. The molecule has 3 heterocycles. The molecule has 0 unspecified atom stereocenters. The van der Waals surface area contributed by atoms with Gasteiger partial charge >= 0.3 is 11.9 Å². The number of hydrogen-bond acceptors (Lipinski definition) is 9. The van der Waals surface area contributed by atoms with Gasteiger partial charge in [0, 0.05) is 18.7 Å².